The highest BCUT2D eigenvalue weighted by Gasteiger charge is 2.08. The smallest absolute Gasteiger partial charge is 0.335 e. The highest BCUT2D eigenvalue weighted by Crippen LogP contribution is 2.18. The SMILES string of the molecule is Cc1cc(F)c2cc(C(=O)O)ccc2n1. The van der Waals surface area contributed by atoms with Crippen LogP contribution in [0.25, 0.3) is 10.9 Å². The van der Waals surface area contributed by atoms with E-state index in [9.17, 15) is 9.18 Å². The average Bonchev–Trinajstić information content (AvgIpc) is 2.16. The molecule has 0 saturated heterocycles. The van der Waals surface area contributed by atoms with E-state index in [0.29, 0.717) is 11.2 Å². The minimum Gasteiger partial charge on any atom is -0.478 e. The fourth-order valence-electron chi connectivity index (χ4n) is 1.44. The molecule has 0 saturated carbocycles. The first kappa shape index (κ1) is 9.58. The molecule has 0 aliphatic heterocycles. The quantitative estimate of drug-likeness (QED) is 0.777. The maximum Gasteiger partial charge on any atom is 0.335 e. The van der Waals surface area contributed by atoms with E-state index in [2.05, 4.69) is 4.98 Å². The molecule has 0 fully saturated rings. The lowest BCUT2D eigenvalue weighted by atomic mass is 10.1. The molecule has 0 radical (unpaired) electrons. The van der Waals surface area contributed by atoms with Crippen LogP contribution in [0.2, 0.25) is 0 Å². The van der Waals surface area contributed by atoms with Gasteiger partial charge in [-0.1, -0.05) is 0 Å². The number of aryl methyl sites for hydroxylation is 1. The monoisotopic (exact) mass is 205 g/mol. The number of carboxylic acid groups (broad SMARTS) is 1. The first-order valence-electron chi connectivity index (χ1n) is 4.38. The molecule has 1 aromatic heterocycles. The molecule has 0 spiro atoms. The van der Waals surface area contributed by atoms with Gasteiger partial charge in [0.05, 0.1) is 11.1 Å². The molecule has 1 aromatic carbocycles. The van der Waals surface area contributed by atoms with E-state index in [1.165, 1.54) is 24.3 Å². The largest absolute Gasteiger partial charge is 0.478 e. The zero-order valence-electron chi connectivity index (χ0n) is 7.99. The third-order valence-electron chi connectivity index (χ3n) is 2.13. The molecule has 76 valence electrons. The van der Waals surface area contributed by atoms with Crippen molar-refractivity contribution in [1.82, 2.24) is 4.98 Å². The molecular formula is C11H8FNO2. The van der Waals surface area contributed by atoms with Crippen molar-refractivity contribution in [1.29, 1.82) is 0 Å². The lowest BCUT2D eigenvalue weighted by Crippen LogP contribution is -1.97. The summed E-state index contributed by atoms with van der Waals surface area (Å²) >= 11 is 0. The highest BCUT2D eigenvalue weighted by atomic mass is 19.1. The molecule has 15 heavy (non-hydrogen) atoms. The summed E-state index contributed by atoms with van der Waals surface area (Å²) in [7, 11) is 0. The number of halogens is 1. The van der Waals surface area contributed by atoms with Crippen molar-refractivity contribution in [2.45, 2.75) is 6.92 Å². The molecule has 1 heterocycles. The van der Waals surface area contributed by atoms with Gasteiger partial charge in [0.25, 0.3) is 0 Å². The topological polar surface area (TPSA) is 50.2 Å². The van der Waals surface area contributed by atoms with Crippen molar-refractivity contribution in [3.8, 4) is 0 Å². The standard InChI is InChI=1S/C11H8FNO2/c1-6-4-9(12)8-5-7(11(14)15)2-3-10(8)13-6/h2-5H,1H3,(H,14,15). The fraction of sp³-hybridized carbons (Fsp3) is 0.0909. The van der Waals surface area contributed by atoms with Crippen molar-refractivity contribution in [3.05, 3.63) is 41.3 Å². The lowest BCUT2D eigenvalue weighted by molar-refractivity contribution is 0.0697. The van der Waals surface area contributed by atoms with Crippen LogP contribution < -0.4 is 0 Å². The first-order chi connectivity index (χ1) is 7.08. The van der Waals surface area contributed by atoms with Gasteiger partial charge in [-0.25, -0.2) is 9.18 Å². The Morgan fingerprint density at radius 2 is 2.13 bits per heavy atom. The Hall–Kier alpha value is -1.97. The molecule has 0 atom stereocenters. The number of rotatable bonds is 1. The second kappa shape index (κ2) is 3.31. The molecule has 0 amide bonds. The van der Waals surface area contributed by atoms with Crippen LogP contribution in [-0.4, -0.2) is 16.1 Å². The number of aromatic nitrogens is 1. The number of nitrogens with zero attached hydrogens (tertiary/aromatic N) is 1. The Labute approximate surface area is 85.2 Å². The summed E-state index contributed by atoms with van der Waals surface area (Å²) < 4.78 is 13.5. The number of hydrogen-bond donors (Lipinski definition) is 1. The summed E-state index contributed by atoms with van der Waals surface area (Å²) in [5, 5.41) is 8.98. The third-order valence-corrected chi connectivity index (χ3v) is 2.13. The van der Waals surface area contributed by atoms with Gasteiger partial charge in [0.15, 0.2) is 0 Å². The molecule has 2 aromatic rings. The summed E-state index contributed by atoms with van der Waals surface area (Å²) in [5.41, 5.74) is 1.10. The number of carbonyl (C=O) groups is 1. The Bertz CT molecular complexity index is 552. The zero-order valence-corrected chi connectivity index (χ0v) is 7.99. The van der Waals surface area contributed by atoms with E-state index in [0.717, 1.165) is 0 Å². The predicted molar refractivity (Wildman–Crippen MR) is 53.4 cm³/mol. The van der Waals surface area contributed by atoms with Crippen molar-refractivity contribution in [2.75, 3.05) is 0 Å². The maximum absolute atomic E-state index is 13.5. The number of aromatic carboxylic acids is 1. The van der Waals surface area contributed by atoms with Crippen LogP contribution in [0, 0.1) is 12.7 Å². The summed E-state index contributed by atoms with van der Waals surface area (Å²) in [6.07, 6.45) is 0. The van der Waals surface area contributed by atoms with Crippen LogP contribution in [0.4, 0.5) is 4.39 Å². The number of fused-ring (bicyclic) bond motifs is 1. The van der Waals surface area contributed by atoms with Gasteiger partial charge in [0, 0.05) is 11.1 Å². The minimum absolute atomic E-state index is 0.0621. The van der Waals surface area contributed by atoms with E-state index >= 15 is 0 Å². The molecule has 2 rings (SSSR count). The highest BCUT2D eigenvalue weighted by molar-refractivity contribution is 5.93. The summed E-state index contributed by atoms with van der Waals surface area (Å²) in [6, 6.07) is 5.50. The van der Waals surface area contributed by atoms with Crippen LogP contribution in [0.3, 0.4) is 0 Å². The molecule has 1 N–H and O–H groups in total. The Morgan fingerprint density at radius 1 is 1.40 bits per heavy atom. The second-order valence-corrected chi connectivity index (χ2v) is 3.28. The second-order valence-electron chi connectivity index (χ2n) is 3.28. The molecule has 0 unspecified atom stereocenters. The normalized spacial score (nSPS) is 10.5. The Kier molecular flexibility index (Phi) is 2.11. The van der Waals surface area contributed by atoms with Gasteiger partial charge in [-0.2, -0.15) is 0 Å². The fourth-order valence-corrected chi connectivity index (χ4v) is 1.44. The van der Waals surface area contributed by atoms with Crippen LogP contribution in [0.5, 0.6) is 0 Å². The Balaban J connectivity index is 2.76. The first-order valence-corrected chi connectivity index (χ1v) is 4.38. The third kappa shape index (κ3) is 1.66. The van der Waals surface area contributed by atoms with Crippen LogP contribution in [0.15, 0.2) is 24.3 Å². The van der Waals surface area contributed by atoms with Crippen molar-refractivity contribution in [3.63, 3.8) is 0 Å². The Morgan fingerprint density at radius 3 is 2.80 bits per heavy atom. The molecule has 0 bridgehead atoms. The lowest BCUT2D eigenvalue weighted by Gasteiger charge is -2.02. The number of pyridine rings is 1. The summed E-state index contributed by atoms with van der Waals surface area (Å²) in [5.74, 6) is -1.52. The van der Waals surface area contributed by atoms with Gasteiger partial charge < -0.3 is 5.11 Å². The van der Waals surface area contributed by atoms with Crippen molar-refractivity contribution in [2.24, 2.45) is 0 Å². The van der Waals surface area contributed by atoms with Crippen LogP contribution in [0.1, 0.15) is 16.1 Å². The van der Waals surface area contributed by atoms with E-state index < -0.39 is 11.8 Å². The molecule has 4 heteroatoms. The zero-order chi connectivity index (χ0) is 11.0. The number of hydrogen-bond acceptors (Lipinski definition) is 2. The molecule has 0 aliphatic carbocycles. The van der Waals surface area contributed by atoms with Gasteiger partial charge in [0.2, 0.25) is 0 Å². The van der Waals surface area contributed by atoms with Gasteiger partial charge >= 0.3 is 5.97 Å². The average molecular weight is 205 g/mol. The number of carboxylic acids is 1. The van der Waals surface area contributed by atoms with E-state index in [1.807, 2.05) is 0 Å². The van der Waals surface area contributed by atoms with Crippen molar-refractivity contribution >= 4 is 16.9 Å². The molecule has 3 nitrogen and oxygen atoms in total. The van der Waals surface area contributed by atoms with E-state index in [-0.39, 0.29) is 10.9 Å². The van der Waals surface area contributed by atoms with Crippen LogP contribution >= 0.6 is 0 Å². The van der Waals surface area contributed by atoms with Crippen molar-refractivity contribution < 1.29 is 14.3 Å². The van der Waals surface area contributed by atoms with E-state index in [4.69, 9.17) is 5.11 Å². The van der Waals surface area contributed by atoms with Gasteiger partial charge in [0.1, 0.15) is 5.82 Å². The minimum atomic E-state index is -1.07. The van der Waals surface area contributed by atoms with Crippen LogP contribution in [-0.2, 0) is 0 Å². The summed E-state index contributed by atoms with van der Waals surface area (Å²) in [4.78, 5) is 14.8. The van der Waals surface area contributed by atoms with E-state index in [1.54, 1.807) is 6.92 Å². The summed E-state index contributed by atoms with van der Waals surface area (Å²) in [6.45, 7) is 1.69. The maximum atomic E-state index is 13.5. The molecule has 0 aliphatic rings. The predicted octanol–water partition coefficient (Wildman–Crippen LogP) is 2.38. The molecular weight excluding hydrogens is 197 g/mol. The van der Waals surface area contributed by atoms with Gasteiger partial charge in [-0.15, -0.1) is 0 Å². The van der Waals surface area contributed by atoms with Gasteiger partial charge in [-0.3, -0.25) is 4.98 Å². The van der Waals surface area contributed by atoms with Gasteiger partial charge in [-0.05, 0) is 31.2 Å². The number of benzene rings is 1.